The van der Waals surface area contributed by atoms with Crippen LogP contribution in [0, 0.1) is 0 Å². The average Bonchev–Trinajstić information content (AvgIpc) is 0. The maximum atomic E-state index is 0. The Morgan fingerprint density at radius 3 is 0.667 bits per heavy atom. The molecule has 0 aliphatic heterocycles. The van der Waals surface area contributed by atoms with E-state index in [9.17, 15) is 0 Å². The molecule has 0 aromatic rings. The topological polar surface area (TPSA) is 123 Å². The van der Waals surface area contributed by atoms with Crippen molar-refractivity contribution in [2.75, 3.05) is 0 Å². The van der Waals surface area contributed by atoms with Crippen LogP contribution in [0.25, 0.3) is 0 Å². The van der Waals surface area contributed by atoms with Crippen molar-refractivity contribution in [2.24, 2.45) is 0 Å². The van der Waals surface area contributed by atoms with Gasteiger partial charge in [0, 0.05) is 0 Å². The molecule has 0 rings (SSSR count). The normalized spacial score (nSPS) is 0. The zero-order valence-corrected chi connectivity index (χ0v) is 6.31. The van der Waals surface area contributed by atoms with Crippen LogP contribution < -0.4 is 0 Å². The van der Waals surface area contributed by atoms with Gasteiger partial charge in [0.25, 0.3) is 0 Å². The molecule has 0 bridgehead atoms. The molecule has 0 atom stereocenters. The Balaban J connectivity index is 0. The van der Waals surface area contributed by atoms with Crippen LogP contribution in [0.5, 0.6) is 0 Å². The molecule has 0 unspecified atom stereocenters. The van der Waals surface area contributed by atoms with E-state index < -0.39 is 0 Å². The first-order valence-electron chi connectivity index (χ1n) is 0. The summed E-state index contributed by atoms with van der Waals surface area (Å²) in [4.78, 5) is 0. The van der Waals surface area contributed by atoms with Gasteiger partial charge in [-0.05, 0) is 0 Å². The largest absolute Gasteiger partial charge is 2.00 e. The third-order valence-electron chi connectivity index (χ3n) is 0. The SMILES string of the molecule is O.O.S.[Ca+2].[OH-].[OH-]. The summed E-state index contributed by atoms with van der Waals surface area (Å²) in [6.07, 6.45) is 0. The Kier molecular flexibility index (Phi) is 2240. The van der Waals surface area contributed by atoms with Crippen molar-refractivity contribution in [3.05, 3.63) is 0 Å². The first-order valence-corrected chi connectivity index (χ1v) is 0. The van der Waals surface area contributed by atoms with E-state index in [1.165, 1.54) is 0 Å². The Morgan fingerprint density at radius 1 is 0.667 bits per heavy atom. The second-order valence-electron chi connectivity index (χ2n) is 0. The number of hydrogen-bond donors (Lipinski definition) is 0. The molecule has 6 N–H and O–H groups in total. The molecule has 40 valence electrons. The third kappa shape index (κ3) is 51.3. The van der Waals surface area contributed by atoms with Gasteiger partial charge in [-0.25, -0.2) is 0 Å². The van der Waals surface area contributed by atoms with Gasteiger partial charge >= 0.3 is 37.7 Å². The maximum Gasteiger partial charge on any atom is 2.00 e. The van der Waals surface area contributed by atoms with E-state index >= 15 is 0 Å². The van der Waals surface area contributed by atoms with Crippen LogP contribution >= 0.6 is 13.5 Å². The Bertz CT molecular complexity index is 7.51. The van der Waals surface area contributed by atoms with Crippen molar-refractivity contribution in [3.8, 4) is 0 Å². The fourth-order valence-electron chi connectivity index (χ4n) is 0. The van der Waals surface area contributed by atoms with Gasteiger partial charge in [-0.2, -0.15) is 13.5 Å². The molecular weight excluding hydrogens is 136 g/mol. The van der Waals surface area contributed by atoms with Gasteiger partial charge < -0.3 is 21.9 Å². The Labute approximate surface area is 72.6 Å². The van der Waals surface area contributed by atoms with Crippen LogP contribution in [0.15, 0.2) is 0 Å². The van der Waals surface area contributed by atoms with E-state index in [0.717, 1.165) is 0 Å². The first-order chi connectivity index (χ1) is 0. The van der Waals surface area contributed by atoms with Crippen LogP contribution in [0.2, 0.25) is 0 Å². The van der Waals surface area contributed by atoms with Crippen molar-refractivity contribution in [1.29, 1.82) is 0 Å². The summed E-state index contributed by atoms with van der Waals surface area (Å²) in [6, 6.07) is 0. The Hall–Kier alpha value is 1.45. The van der Waals surface area contributed by atoms with Crippen molar-refractivity contribution in [2.45, 2.75) is 0 Å². The zero-order valence-electron chi connectivity index (χ0n) is 3.10. The van der Waals surface area contributed by atoms with E-state index in [1.54, 1.807) is 0 Å². The van der Waals surface area contributed by atoms with Gasteiger partial charge in [-0.15, -0.1) is 0 Å². The van der Waals surface area contributed by atoms with E-state index in [1.807, 2.05) is 0 Å². The predicted octanol–water partition coefficient (Wildman–Crippen LogP) is -2.27. The molecule has 0 saturated heterocycles. The molecule has 4 nitrogen and oxygen atoms in total. The maximum absolute atomic E-state index is 0. The summed E-state index contributed by atoms with van der Waals surface area (Å²) < 4.78 is 0. The zero-order chi connectivity index (χ0) is 0. The minimum atomic E-state index is 0. The molecule has 0 radical (unpaired) electrons. The second kappa shape index (κ2) is 91.1. The van der Waals surface area contributed by atoms with Gasteiger partial charge in [0.15, 0.2) is 0 Å². The van der Waals surface area contributed by atoms with Crippen LogP contribution in [0.1, 0.15) is 0 Å². The fraction of sp³-hybridized carbons (Fsp3) is 0. The second-order valence-corrected chi connectivity index (χ2v) is 0. The van der Waals surface area contributed by atoms with Crippen LogP contribution in [-0.4, -0.2) is 59.6 Å². The molecule has 0 aromatic heterocycles. The minimum Gasteiger partial charge on any atom is -0.870 e. The molecular formula is H8CaO4S. The molecule has 0 aliphatic rings. The van der Waals surface area contributed by atoms with Crippen molar-refractivity contribution in [3.63, 3.8) is 0 Å². The molecule has 6 heteroatoms. The van der Waals surface area contributed by atoms with Crippen molar-refractivity contribution >= 4 is 51.2 Å². The molecule has 6 heavy (non-hydrogen) atoms. The fourth-order valence-corrected chi connectivity index (χ4v) is 0. The molecule has 0 amide bonds. The average molecular weight is 144 g/mol. The van der Waals surface area contributed by atoms with Gasteiger partial charge in [0.1, 0.15) is 0 Å². The summed E-state index contributed by atoms with van der Waals surface area (Å²) >= 11 is 0. The smallest absolute Gasteiger partial charge is 0.870 e. The monoisotopic (exact) mass is 144 g/mol. The van der Waals surface area contributed by atoms with Gasteiger partial charge in [-0.1, -0.05) is 0 Å². The predicted molar refractivity (Wildman–Crippen MR) is 27.2 cm³/mol. The van der Waals surface area contributed by atoms with Crippen molar-refractivity contribution in [1.82, 2.24) is 0 Å². The van der Waals surface area contributed by atoms with E-state index in [2.05, 4.69) is 0 Å². The van der Waals surface area contributed by atoms with Crippen LogP contribution in [-0.2, 0) is 0 Å². The van der Waals surface area contributed by atoms with Crippen molar-refractivity contribution < 1.29 is 21.9 Å². The summed E-state index contributed by atoms with van der Waals surface area (Å²) in [5.74, 6) is 0. The Morgan fingerprint density at radius 2 is 0.667 bits per heavy atom. The first kappa shape index (κ1) is 147. The molecule has 0 aliphatic carbocycles. The van der Waals surface area contributed by atoms with E-state index in [0.29, 0.717) is 0 Å². The number of hydrogen-bond acceptors (Lipinski definition) is 2. The standard InChI is InChI=1S/Ca.4H2O.H2S/h;5*1H2/q+2;;;;;/p-2. The summed E-state index contributed by atoms with van der Waals surface area (Å²) in [7, 11) is 0. The summed E-state index contributed by atoms with van der Waals surface area (Å²) in [5, 5.41) is 0. The molecule has 0 spiro atoms. The molecule has 0 fully saturated rings. The minimum absolute atomic E-state index is 0. The van der Waals surface area contributed by atoms with E-state index in [4.69, 9.17) is 0 Å². The molecule has 0 heterocycles. The molecule has 0 aromatic carbocycles. The van der Waals surface area contributed by atoms with Gasteiger partial charge in [-0.3, -0.25) is 0 Å². The van der Waals surface area contributed by atoms with Crippen LogP contribution in [0.3, 0.4) is 0 Å². The summed E-state index contributed by atoms with van der Waals surface area (Å²) in [5.41, 5.74) is 0. The van der Waals surface area contributed by atoms with E-state index in [-0.39, 0.29) is 73.1 Å². The third-order valence-corrected chi connectivity index (χ3v) is 0. The van der Waals surface area contributed by atoms with Gasteiger partial charge in [0.2, 0.25) is 0 Å². The summed E-state index contributed by atoms with van der Waals surface area (Å²) in [6.45, 7) is 0. The quantitative estimate of drug-likeness (QED) is 0.356. The van der Waals surface area contributed by atoms with Crippen LogP contribution in [0.4, 0.5) is 0 Å². The van der Waals surface area contributed by atoms with Gasteiger partial charge in [0.05, 0.1) is 0 Å². The number of rotatable bonds is 0. The molecule has 0 saturated carbocycles.